The molecule has 0 saturated carbocycles. The average molecular weight is 308 g/mol. The number of hydrogen-bond acceptors (Lipinski definition) is 3. The summed E-state index contributed by atoms with van der Waals surface area (Å²) in [5.74, 6) is 1.39. The number of ether oxygens (including phenoxy) is 1. The molecule has 94 valence electrons. The second-order valence-corrected chi connectivity index (χ2v) is 4.99. The van der Waals surface area contributed by atoms with Crippen LogP contribution in [0.5, 0.6) is 11.5 Å². The van der Waals surface area contributed by atoms with Crippen molar-refractivity contribution < 1.29 is 9.84 Å². The summed E-state index contributed by atoms with van der Waals surface area (Å²) in [7, 11) is 0. The van der Waals surface area contributed by atoms with Crippen LogP contribution in [-0.2, 0) is 0 Å². The van der Waals surface area contributed by atoms with Gasteiger partial charge in [-0.3, -0.25) is 4.98 Å². The van der Waals surface area contributed by atoms with Gasteiger partial charge in [-0.25, -0.2) is 0 Å². The number of aromatic nitrogens is 1. The summed E-state index contributed by atoms with van der Waals surface area (Å²) in [6.45, 7) is 3.70. The summed E-state index contributed by atoms with van der Waals surface area (Å²) in [6.07, 6.45) is 1.04. The SMILES string of the molecule is Cc1ccc(Oc2ccc([C@@H](C)O)nc2)c(Br)c1. The molecule has 18 heavy (non-hydrogen) atoms. The topological polar surface area (TPSA) is 42.4 Å². The standard InChI is InChI=1S/C14H14BrNO2/c1-9-3-6-14(12(15)7-9)18-11-4-5-13(10(2)17)16-8-11/h3-8,10,17H,1-2H3/t10-/m1/s1. The summed E-state index contributed by atoms with van der Waals surface area (Å²) >= 11 is 3.46. The van der Waals surface area contributed by atoms with Crippen molar-refractivity contribution in [3.8, 4) is 11.5 Å². The number of pyridine rings is 1. The Balaban J connectivity index is 2.18. The first-order valence-corrected chi connectivity index (χ1v) is 6.43. The maximum absolute atomic E-state index is 9.37. The molecule has 4 heteroatoms. The van der Waals surface area contributed by atoms with E-state index in [1.807, 2.05) is 25.1 Å². The summed E-state index contributed by atoms with van der Waals surface area (Å²) in [5.41, 5.74) is 1.79. The third-order valence-electron chi connectivity index (χ3n) is 2.50. The fourth-order valence-corrected chi connectivity index (χ4v) is 2.09. The Hall–Kier alpha value is -1.39. The lowest BCUT2D eigenvalue weighted by molar-refractivity contribution is 0.194. The molecule has 1 N–H and O–H groups in total. The van der Waals surface area contributed by atoms with E-state index in [9.17, 15) is 5.11 Å². The Morgan fingerprint density at radius 3 is 2.61 bits per heavy atom. The normalized spacial score (nSPS) is 12.2. The van der Waals surface area contributed by atoms with E-state index in [0.29, 0.717) is 11.4 Å². The van der Waals surface area contributed by atoms with Gasteiger partial charge in [0.1, 0.15) is 11.5 Å². The molecule has 2 aromatic rings. The van der Waals surface area contributed by atoms with E-state index in [0.717, 1.165) is 15.8 Å². The zero-order chi connectivity index (χ0) is 13.1. The molecule has 0 saturated heterocycles. The van der Waals surface area contributed by atoms with Gasteiger partial charge in [-0.15, -0.1) is 0 Å². The minimum Gasteiger partial charge on any atom is -0.455 e. The van der Waals surface area contributed by atoms with Crippen LogP contribution < -0.4 is 4.74 Å². The number of nitrogens with zero attached hydrogens (tertiary/aromatic N) is 1. The highest BCUT2D eigenvalue weighted by atomic mass is 79.9. The zero-order valence-corrected chi connectivity index (χ0v) is 11.8. The average Bonchev–Trinajstić information content (AvgIpc) is 2.33. The number of hydrogen-bond donors (Lipinski definition) is 1. The van der Waals surface area contributed by atoms with Crippen molar-refractivity contribution in [2.24, 2.45) is 0 Å². The fraction of sp³-hybridized carbons (Fsp3) is 0.214. The predicted molar refractivity (Wildman–Crippen MR) is 73.8 cm³/mol. The van der Waals surface area contributed by atoms with Gasteiger partial charge in [0.15, 0.2) is 0 Å². The maximum atomic E-state index is 9.37. The first-order valence-electron chi connectivity index (χ1n) is 5.64. The molecule has 2 rings (SSSR count). The number of rotatable bonds is 3. The first kappa shape index (κ1) is 13.1. The highest BCUT2D eigenvalue weighted by molar-refractivity contribution is 9.10. The Morgan fingerprint density at radius 1 is 1.28 bits per heavy atom. The Morgan fingerprint density at radius 2 is 2.06 bits per heavy atom. The largest absolute Gasteiger partial charge is 0.455 e. The second-order valence-electron chi connectivity index (χ2n) is 4.13. The molecule has 0 fully saturated rings. The molecule has 0 aliphatic carbocycles. The van der Waals surface area contributed by atoms with Crippen LogP contribution in [0, 0.1) is 6.92 Å². The van der Waals surface area contributed by atoms with E-state index >= 15 is 0 Å². The van der Waals surface area contributed by atoms with Crippen LogP contribution in [-0.4, -0.2) is 10.1 Å². The summed E-state index contributed by atoms with van der Waals surface area (Å²) in [4.78, 5) is 4.13. The molecule has 1 aromatic carbocycles. The van der Waals surface area contributed by atoms with Gasteiger partial charge >= 0.3 is 0 Å². The number of aliphatic hydroxyl groups is 1. The van der Waals surface area contributed by atoms with E-state index in [4.69, 9.17) is 4.74 Å². The van der Waals surface area contributed by atoms with Crippen LogP contribution in [0.15, 0.2) is 41.0 Å². The second kappa shape index (κ2) is 5.50. The quantitative estimate of drug-likeness (QED) is 0.932. The van der Waals surface area contributed by atoms with Crippen LogP contribution in [0.1, 0.15) is 24.3 Å². The highest BCUT2D eigenvalue weighted by Gasteiger charge is 2.05. The minimum atomic E-state index is -0.565. The molecular formula is C14H14BrNO2. The van der Waals surface area contributed by atoms with Gasteiger partial charge in [0.25, 0.3) is 0 Å². The molecule has 0 bridgehead atoms. The van der Waals surface area contributed by atoms with E-state index in [1.165, 1.54) is 0 Å². The molecule has 1 heterocycles. The number of benzene rings is 1. The minimum absolute atomic E-state index is 0.565. The molecule has 3 nitrogen and oxygen atoms in total. The van der Waals surface area contributed by atoms with Crippen molar-refractivity contribution in [1.82, 2.24) is 4.98 Å². The van der Waals surface area contributed by atoms with Crippen LogP contribution in [0.4, 0.5) is 0 Å². The van der Waals surface area contributed by atoms with Gasteiger partial charge in [-0.05, 0) is 59.6 Å². The van der Waals surface area contributed by atoms with Gasteiger partial charge in [0.2, 0.25) is 0 Å². The van der Waals surface area contributed by atoms with E-state index < -0.39 is 6.10 Å². The summed E-state index contributed by atoms with van der Waals surface area (Å²) in [6, 6.07) is 9.43. The zero-order valence-electron chi connectivity index (χ0n) is 10.2. The molecule has 0 amide bonds. The lowest BCUT2D eigenvalue weighted by Gasteiger charge is -2.09. The molecular weight excluding hydrogens is 294 g/mol. The summed E-state index contributed by atoms with van der Waals surface area (Å²) in [5, 5.41) is 9.37. The molecule has 0 aliphatic heterocycles. The van der Waals surface area contributed by atoms with Crippen molar-refractivity contribution in [3.05, 3.63) is 52.3 Å². The van der Waals surface area contributed by atoms with E-state index in [-0.39, 0.29) is 0 Å². The third-order valence-corrected chi connectivity index (χ3v) is 3.12. The molecule has 1 atom stereocenters. The summed E-state index contributed by atoms with van der Waals surface area (Å²) < 4.78 is 6.61. The molecule has 0 unspecified atom stereocenters. The van der Waals surface area contributed by atoms with Crippen molar-refractivity contribution in [3.63, 3.8) is 0 Å². The molecule has 0 radical (unpaired) electrons. The van der Waals surface area contributed by atoms with Crippen molar-refractivity contribution in [1.29, 1.82) is 0 Å². The highest BCUT2D eigenvalue weighted by Crippen LogP contribution is 2.30. The van der Waals surface area contributed by atoms with Gasteiger partial charge in [0.05, 0.1) is 22.5 Å². The van der Waals surface area contributed by atoms with Crippen molar-refractivity contribution in [2.45, 2.75) is 20.0 Å². The lowest BCUT2D eigenvalue weighted by atomic mass is 10.2. The van der Waals surface area contributed by atoms with Crippen molar-refractivity contribution >= 4 is 15.9 Å². The smallest absolute Gasteiger partial charge is 0.145 e. The fourth-order valence-electron chi connectivity index (χ4n) is 1.51. The van der Waals surface area contributed by atoms with Crippen LogP contribution in [0.3, 0.4) is 0 Å². The van der Waals surface area contributed by atoms with Crippen LogP contribution >= 0.6 is 15.9 Å². The monoisotopic (exact) mass is 307 g/mol. The third kappa shape index (κ3) is 3.09. The van der Waals surface area contributed by atoms with Crippen molar-refractivity contribution in [2.75, 3.05) is 0 Å². The number of halogens is 1. The van der Waals surface area contributed by atoms with E-state index in [1.54, 1.807) is 25.3 Å². The Kier molecular flexibility index (Phi) is 3.99. The number of aliphatic hydroxyl groups excluding tert-OH is 1. The first-order chi connectivity index (χ1) is 8.56. The van der Waals surface area contributed by atoms with Gasteiger partial charge in [0, 0.05) is 0 Å². The van der Waals surface area contributed by atoms with Crippen LogP contribution in [0.25, 0.3) is 0 Å². The van der Waals surface area contributed by atoms with Gasteiger partial charge in [-0.2, -0.15) is 0 Å². The Labute approximate surface area is 115 Å². The molecule has 0 aliphatic rings. The molecule has 0 spiro atoms. The molecule has 1 aromatic heterocycles. The van der Waals surface area contributed by atoms with Crippen LogP contribution in [0.2, 0.25) is 0 Å². The maximum Gasteiger partial charge on any atom is 0.145 e. The number of aryl methyl sites for hydroxylation is 1. The van der Waals surface area contributed by atoms with E-state index in [2.05, 4.69) is 20.9 Å². The Bertz CT molecular complexity index is 538. The van der Waals surface area contributed by atoms with Gasteiger partial charge in [-0.1, -0.05) is 6.07 Å². The lowest BCUT2D eigenvalue weighted by Crippen LogP contribution is -1.95. The predicted octanol–water partition coefficient (Wildman–Crippen LogP) is 4.00. The van der Waals surface area contributed by atoms with Gasteiger partial charge < -0.3 is 9.84 Å².